The van der Waals surface area contributed by atoms with Crippen LogP contribution in [0.2, 0.25) is 0 Å². The molecule has 3 rings (SSSR count). The number of amides is 1. The molecule has 2 N–H and O–H groups in total. The van der Waals surface area contributed by atoms with Crippen molar-refractivity contribution < 1.29 is 14.3 Å². The molecule has 8 heteroatoms. The highest BCUT2D eigenvalue weighted by Gasteiger charge is 2.09. The Morgan fingerprint density at radius 2 is 2.18 bits per heavy atom. The first-order valence-corrected chi connectivity index (χ1v) is 8.38. The molecule has 0 fully saturated rings. The SMILES string of the molecule is C=CCc1cccc(/C=N/NC(=O)Cn2cnc3ccc(F)cc3c2=O)c1O. The van der Waals surface area contributed by atoms with Crippen LogP contribution in [0, 0.1) is 5.82 Å². The Morgan fingerprint density at radius 3 is 2.96 bits per heavy atom. The molecule has 142 valence electrons. The molecule has 0 unspecified atom stereocenters. The third kappa shape index (κ3) is 4.12. The van der Waals surface area contributed by atoms with Gasteiger partial charge in [0.05, 0.1) is 23.4 Å². The molecule has 0 radical (unpaired) electrons. The number of phenolic OH excluding ortho intramolecular Hbond substituents is 1. The molecule has 1 amide bonds. The number of hydrogen-bond acceptors (Lipinski definition) is 5. The van der Waals surface area contributed by atoms with Crippen LogP contribution in [0.4, 0.5) is 4.39 Å². The van der Waals surface area contributed by atoms with Crippen molar-refractivity contribution >= 4 is 23.0 Å². The highest BCUT2D eigenvalue weighted by atomic mass is 19.1. The molecule has 0 saturated carbocycles. The van der Waals surface area contributed by atoms with Gasteiger partial charge in [-0.25, -0.2) is 14.8 Å². The molecule has 0 aliphatic heterocycles. The Morgan fingerprint density at radius 1 is 1.36 bits per heavy atom. The first kappa shape index (κ1) is 19.0. The van der Waals surface area contributed by atoms with Gasteiger partial charge >= 0.3 is 0 Å². The van der Waals surface area contributed by atoms with Crippen LogP contribution in [0.5, 0.6) is 5.75 Å². The topological polar surface area (TPSA) is 96.6 Å². The summed E-state index contributed by atoms with van der Waals surface area (Å²) in [7, 11) is 0. The molecule has 2 aromatic carbocycles. The van der Waals surface area contributed by atoms with Gasteiger partial charge in [0.1, 0.15) is 18.1 Å². The number of hydrogen-bond donors (Lipinski definition) is 2. The van der Waals surface area contributed by atoms with E-state index in [9.17, 15) is 19.1 Å². The van der Waals surface area contributed by atoms with Crippen LogP contribution in [0.15, 0.2) is 65.3 Å². The number of allylic oxidation sites excluding steroid dienone is 1. The van der Waals surface area contributed by atoms with Crippen molar-refractivity contribution in [2.24, 2.45) is 5.10 Å². The number of aromatic nitrogens is 2. The summed E-state index contributed by atoms with van der Waals surface area (Å²) in [5.41, 5.74) is 3.21. The average molecular weight is 380 g/mol. The number of rotatable bonds is 6. The minimum atomic E-state index is -0.572. The minimum Gasteiger partial charge on any atom is -0.507 e. The number of phenols is 1. The first-order valence-electron chi connectivity index (χ1n) is 8.38. The van der Waals surface area contributed by atoms with Crippen molar-refractivity contribution in [2.45, 2.75) is 13.0 Å². The summed E-state index contributed by atoms with van der Waals surface area (Å²) in [6.45, 7) is 3.29. The Balaban J connectivity index is 1.71. The number of hydrazone groups is 1. The van der Waals surface area contributed by atoms with Crippen molar-refractivity contribution in [3.05, 3.63) is 82.7 Å². The number of aromatic hydroxyl groups is 1. The summed E-state index contributed by atoms with van der Waals surface area (Å²) in [6, 6.07) is 8.84. The average Bonchev–Trinajstić information content (AvgIpc) is 2.67. The standard InChI is InChI=1S/C20H17FN4O3/c1-2-4-13-5-3-6-14(19(13)27)10-23-24-18(26)11-25-12-22-17-8-7-15(21)9-16(17)20(25)28/h2-3,5-10,12,27H,1,4,11H2,(H,24,26)/b23-10+. The molecule has 3 aromatic rings. The second-order valence-electron chi connectivity index (χ2n) is 5.98. The maximum absolute atomic E-state index is 13.3. The largest absolute Gasteiger partial charge is 0.507 e. The number of benzene rings is 2. The van der Waals surface area contributed by atoms with Crippen molar-refractivity contribution in [3.8, 4) is 5.75 Å². The smallest absolute Gasteiger partial charge is 0.261 e. The second kappa shape index (κ2) is 8.26. The molecule has 1 aromatic heterocycles. The van der Waals surface area contributed by atoms with Gasteiger partial charge in [-0.05, 0) is 36.2 Å². The second-order valence-corrected chi connectivity index (χ2v) is 5.98. The molecule has 1 heterocycles. The van der Waals surface area contributed by atoms with Crippen LogP contribution in [-0.4, -0.2) is 26.8 Å². The van der Waals surface area contributed by atoms with Gasteiger partial charge in [0, 0.05) is 5.56 Å². The fourth-order valence-electron chi connectivity index (χ4n) is 2.64. The Hall–Kier alpha value is -3.81. The summed E-state index contributed by atoms with van der Waals surface area (Å²) in [5, 5.41) is 14.0. The van der Waals surface area contributed by atoms with Gasteiger partial charge in [-0.15, -0.1) is 6.58 Å². The first-order chi connectivity index (χ1) is 13.5. The number of carbonyl (C=O) groups excluding carboxylic acids is 1. The zero-order valence-electron chi connectivity index (χ0n) is 14.8. The normalized spacial score (nSPS) is 11.0. The lowest BCUT2D eigenvalue weighted by molar-refractivity contribution is -0.121. The fraction of sp³-hybridized carbons (Fsp3) is 0.100. The van der Waals surface area contributed by atoms with Gasteiger partial charge in [-0.2, -0.15) is 5.10 Å². The van der Waals surface area contributed by atoms with Gasteiger partial charge in [-0.1, -0.05) is 18.2 Å². The number of nitrogens with one attached hydrogen (secondary N) is 1. The Labute approximate surface area is 159 Å². The van der Waals surface area contributed by atoms with Crippen LogP contribution in [-0.2, 0) is 17.8 Å². The van der Waals surface area contributed by atoms with Crippen LogP contribution in [0.1, 0.15) is 11.1 Å². The predicted molar refractivity (Wildman–Crippen MR) is 104 cm³/mol. The van der Waals surface area contributed by atoms with Crippen LogP contribution >= 0.6 is 0 Å². The van der Waals surface area contributed by atoms with Gasteiger partial charge in [-0.3, -0.25) is 14.2 Å². The van der Waals surface area contributed by atoms with E-state index in [4.69, 9.17) is 0 Å². The van der Waals surface area contributed by atoms with Gasteiger partial charge in [0.2, 0.25) is 0 Å². The fourth-order valence-corrected chi connectivity index (χ4v) is 2.64. The van der Waals surface area contributed by atoms with E-state index in [1.165, 1.54) is 24.7 Å². The van der Waals surface area contributed by atoms with Crippen LogP contribution in [0.25, 0.3) is 10.9 Å². The van der Waals surface area contributed by atoms with Crippen LogP contribution < -0.4 is 11.0 Å². The van der Waals surface area contributed by atoms with E-state index < -0.39 is 17.3 Å². The van der Waals surface area contributed by atoms with E-state index in [-0.39, 0.29) is 17.7 Å². The lowest BCUT2D eigenvalue weighted by atomic mass is 10.1. The summed E-state index contributed by atoms with van der Waals surface area (Å²) in [6.07, 6.45) is 4.68. The molecular weight excluding hydrogens is 363 g/mol. The lowest BCUT2D eigenvalue weighted by Crippen LogP contribution is -2.30. The Kier molecular flexibility index (Phi) is 5.59. The van der Waals surface area contributed by atoms with E-state index >= 15 is 0 Å². The molecule has 0 spiro atoms. The molecule has 7 nitrogen and oxygen atoms in total. The maximum Gasteiger partial charge on any atom is 0.261 e. The highest BCUT2D eigenvalue weighted by Crippen LogP contribution is 2.21. The van der Waals surface area contributed by atoms with Crippen molar-refractivity contribution in [3.63, 3.8) is 0 Å². The van der Waals surface area contributed by atoms with Gasteiger partial charge in [0.25, 0.3) is 11.5 Å². The van der Waals surface area contributed by atoms with E-state index in [0.717, 1.165) is 10.6 Å². The molecular formula is C20H17FN4O3. The predicted octanol–water partition coefficient (Wildman–Crippen LogP) is 2.12. The maximum atomic E-state index is 13.3. The Bertz CT molecular complexity index is 1140. The number of carbonyl (C=O) groups is 1. The zero-order chi connectivity index (χ0) is 20.1. The van der Waals surface area contributed by atoms with Crippen LogP contribution in [0.3, 0.4) is 0 Å². The zero-order valence-corrected chi connectivity index (χ0v) is 14.8. The van der Waals surface area contributed by atoms with E-state index in [1.807, 2.05) is 0 Å². The number of halogens is 1. The molecule has 0 atom stereocenters. The molecule has 0 aliphatic rings. The quantitative estimate of drug-likeness (QED) is 0.389. The molecule has 0 saturated heterocycles. The van der Waals surface area contributed by atoms with Crippen molar-refractivity contribution in [1.82, 2.24) is 15.0 Å². The summed E-state index contributed by atoms with van der Waals surface area (Å²) in [4.78, 5) is 28.4. The minimum absolute atomic E-state index is 0.0531. The monoisotopic (exact) mass is 380 g/mol. The van der Waals surface area contributed by atoms with Gasteiger partial charge < -0.3 is 5.11 Å². The molecule has 0 bridgehead atoms. The van der Waals surface area contributed by atoms with Crippen molar-refractivity contribution in [1.29, 1.82) is 0 Å². The lowest BCUT2D eigenvalue weighted by Gasteiger charge is -2.06. The van der Waals surface area contributed by atoms with Gasteiger partial charge in [0.15, 0.2) is 0 Å². The summed E-state index contributed by atoms with van der Waals surface area (Å²) in [5.74, 6) is -1.08. The third-order valence-electron chi connectivity index (χ3n) is 4.01. The highest BCUT2D eigenvalue weighted by molar-refractivity contribution is 5.85. The van der Waals surface area contributed by atoms with E-state index in [0.29, 0.717) is 23.1 Å². The number of nitrogens with zero attached hydrogens (tertiary/aromatic N) is 3. The molecule has 0 aliphatic carbocycles. The summed E-state index contributed by atoms with van der Waals surface area (Å²) >= 11 is 0. The van der Waals surface area contributed by atoms with E-state index in [1.54, 1.807) is 24.3 Å². The third-order valence-corrected chi connectivity index (χ3v) is 4.01. The number of fused-ring (bicyclic) bond motifs is 1. The van der Waals surface area contributed by atoms with Crippen molar-refractivity contribution in [2.75, 3.05) is 0 Å². The van der Waals surface area contributed by atoms with E-state index in [2.05, 4.69) is 22.1 Å². The summed E-state index contributed by atoms with van der Waals surface area (Å²) < 4.78 is 14.4. The number of para-hydroxylation sites is 1. The molecule has 28 heavy (non-hydrogen) atoms.